The standard InChI is InChI=1S/C21H26N4O2S/c1-24(2)11-18-22-20(25-9-8-15(12-26)17(27)10-25)19-16(13-28-21(19)23-18)14-6-4-3-5-7-14/h3-7,13,15,17,26-27H,8-12H2,1-2H3. The predicted molar refractivity (Wildman–Crippen MR) is 114 cm³/mol. The summed E-state index contributed by atoms with van der Waals surface area (Å²) in [5, 5.41) is 23.2. The lowest BCUT2D eigenvalue weighted by molar-refractivity contribution is 0.0546. The molecule has 6 nitrogen and oxygen atoms in total. The third-order valence-corrected chi connectivity index (χ3v) is 6.13. The van der Waals surface area contributed by atoms with E-state index in [4.69, 9.17) is 9.97 Å². The number of aromatic nitrogens is 2. The third kappa shape index (κ3) is 3.75. The molecule has 2 unspecified atom stereocenters. The Morgan fingerprint density at radius 3 is 2.68 bits per heavy atom. The number of hydrogen-bond donors (Lipinski definition) is 2. The number of anilines is 1. The van der Waals surface area contributed by atoms with Crippen molar-refractivity contribution in [3.63, 3.8) is 0 Å². The second-order valence-electron chi connectivity index (χ2n) is 7.64. The van der Waals surface area contributed by atoms with Crippen molar-refractivity contribution in [2.45, 2.75) is 19.1 Å². The summed E-state index contributed by atoms with van der Waals surface area (Å²) in [5.41, 5.74) is 2.27. The highest BCUT2D eigenvalue weighted by Crippen LogP contribution is 2.39. The van der Waals surface area contributed by atoms with Gasteiger partial charge < -0.3 is 20.0 Å². The average Bonchev–Trinajstić information content (AvgIpc) is 3.11. The molecule has 7 heteroatoms. The first-order valence-corrected chi connectivity index (χ1v) is 10.5. The van der Waals surface area contributed by atoms with Crippen LogP contribution in [0.15, 0.2) is 35.7 Å². The molecule has 1 fully saturated rings. The number of nitrogens with zero attached hydrogens (tertiary/aromatic N) is 4. The van der Waals surface area contributed by atoms with Crippen LogP contribution in [0.3, 0.4) is 0 Å². The summed E-state index contributed by atoms with van der Waals surface area (Å²) in [6.07, 6.45) is 0.191. The van der Waals surface area contributed by atoms with E-state index in [2.05, 4.69) is 27.3 Å². The minimum atomic E-state index is -0.556. The highest BCUT2D eigenvalue weighted by molar-refractivity contribution is 7.17. The first-order chi connectivity index (χ1) is 13.6. The lowest BCUT2D eigenvalue weighted by atomic mass is 9.94. The van der Waals surface area contributed by atoms with E-state index in [1.807, 2.05) is 32.3 Å². The lowest BCUT2D eigenvalue weighted by Gasteiger charge is -2.36. The summed E-state index contributed by atoms with van der Waals surface area (Å²) in [6, 6.07) is 10.3. The van der Waals surface area contributed by atoms with Crippen molar-refractivity contribution in [2.24, 2.45) is 5.92 Å². The van der Waals surface area contributed by atoms with E-state index in [9.17, 15) is 10.2 Å². The maximum atomic E-state index is 10.5. The number of piperidine rings is 1. The quantitative estimate of drug-likeness (QED) is 0.688. The van der Waals surface area contributed by atoms with Crippen molar-refractivity contribution in [1.82, 2.24) is 14.9 Å². The number of benzene rings is 1. The molecule has 0 saturated carbocycles. The van der Waals surface area contributed by atoms with Crippen molar-refractivity contribution in [3.8, 4) is 11.1 Å². The largest absolute Gasteiger partial charge is 0.396 e. The fourth-order valence-electron chi connectivity index (χ4n) is 3.76. The highest BCUT2D eigenvalue weighted by atomic mass is 32.1. The van der Waals surface area contributed by atoms with Gasteiger partial charge in [0.1, 0.15) is 16.5 Å². The van der Waals surface area contributed by atoms with E-state index < -0.39 is 6.10 Å². The lowest BCUT2D eigenvalue weighted by Crippen LogP contribution is -2.45. The van der Waals surface area contributed by atoms with Gasteiger partial charge in [-0.15, -0.1) is 11.3 Å². The molecular weight excluding hydrogens is 372 g/mol. The van der Waals surface area contributed by atoms with Crippen LogP contribution in [-0.2, 0) is 6.54 Å². The minimum absolute atomic E-state index is 0.0216. The van der Waals surface area contributed by atoms with Crippen LogP contribution in [0.25, 0.3) is 21.3 Å². The number of aliphatic hydroxyl groups excluding tert-OH is 2. The molecule has 2 aromatic heterocycles. The van der Waals surface area contributed by atoms with E-state index >= 15 is 0 Å². The number of aliphatic hydroxyl groups is 2. The molecule has 1 aliphatic rings. The summed E-state index contributed by atoms with van der Waals surface area (Å²) in [7, 11) is 4.01. The van der Waals surface area contributed by atoms with Crippen LogP contribution in [-0.4, -0.2) is 65.0 Å². The summed E-state index contributed by atoms with van der Waals surface area (Å²) >= 11 is 1.64. The summed E-state index contributed by atoms with van der Waals surface area (Å²) in [5.74, 6) is 1.61. The second-order valence-corrected chi connectivity index (χ2v) is 8.50. The molecule has 0 radical (unpaired) electrons. The van der Waals surface area contributed by atoms with E-state index in [1.54, 1.807) is 11.3 Å². The molecule has 1 aliphatic heterocycles. The maximum Gasteiger partial charge on any atom is 0.146 e. The van der Waals surface area contributed by atoms with Crippen LogP contribution in [0.4, 0.5) is 5.82 Å². The number of β-amino-alcohol motifs (C(OH)–C–C–N with tert-alkyl or cyclic N) is 1. The van der Waals surface area contributed by atoms with Gasteiger partial charge in [0, 0.05) is 36.6 Å². The highest BCUT2D eigenvalue weighted by Gasteiger charge is 2.30. The Balaban J connectivity index is 1.83. The molecule has 0 amide bonds. The van der Waals surface area contributed by atoms with Crippen LogP contribution < -0.4 is 4.90 Å². The zero-order valence-electron chi connectivity index (χ0n) is 16.2. The molecule has 0 spiro atoms. The zero-order chi connectivity index (χ0) is 19.7. The number of fused-ring (bicyclic) bond motifs is 1. The number of hydrogen-bond acceptors (Lipinski definition) is 7. The van der Waals surface area contributed by atoms with Crippen LogP contribution in [0.2, 0.25) is 0 Å². The van der Waals surface area contributed by atoms with Gasteiger partial charge in [-0.2, -0.15) is 0 Å². The van der Waals surface area contributed by atoms with Crippen LogP contribution >= 0.6 is 11.3 Å². The van der Waals surface area contributed by atoms with Crippen molar-refractivity contribution in [3.05, 3.63) is 41.5 Å². The van der Waals surface area contributed by atoms with E-state index in [0.29, 0.717) is 13.1 Å². The van der Waals surface area contributed by atoms with Crippen LogP contribution in [0.1, 0.15) is 12.2 Å². The number of thiophene rings is 1. The normalized spacial score (nSPS) is 20.2. The minimum Gasteiger partial charge on any atom is -0.396 e. The van der Waals surface area contributed by atoms with Gasteiger partial charge in [0.25, 0.3) is 0 Å². The molecule has 4 rings (SSSR count). The molecule has 28 heavy (non-hydrogen) atoms. The monoisotopic (exact) mass is 398 g/mol. The summed E-state index contributed by atoms with van der Waals surface area (Å²) in [6.45, 7) is 1.92. The van der Waals surface area contributed by atoms with Gasteiger partial charge in [0.05, 0.1) is 18.0 Å². The van der Waals surface area contributed by atoms with Gasteiger partial charge in [-0.3, -0.25) is 0 Å². The average molecular weight is 399 g/mol. The van der Waals surface area contributed by atoms with Gasteiger partial charge in [-0.1, -0.05) is 30.3 Å². The Morgan fingerprint density at radius 2 is 2.00 bits per heavy atom. The molecule has 1 aromatic carbocycles. The smallest absolute Gasteiger partial charge is 0.146 e. The molecular formula is C21H26N4O2S. The third-order valence-electron chi connectivity index (χ3n) is 5.26. The van der Waals surface area contributed by atoms with Gasteiger partial charge >= 0.3 is 0 Å². The van der Waals surface area contributed by atoms with Crippen LogP contribution in [0, 0.1) is 5.92 Å². The molecule has 148 valence electrons. The summed E-state index contributed by atoms with van der Waals surface area (Å²) < 4.78 is 0. The predicted octanol–water partition coefficient (Wildman–Crippen LogP) is 2.60. The number of rotatable bonds is 5. The maximum absolute atomic E-state index is 10.5. The van der Waals surface area contributed by atoms with E-state index in [-0.39, 0.29) is 12.5 Å². The molecule has 2 atom stereocenters. The molecule has 1 saturated heterocycles. The summed E-state index contributed by atoms with van der Waals surface area (Å²) in [4.78, 5) is 14.9. The van der Waals surface area contributed by atoms with E-state index in [1.165, 1.54) is 0 Å². The van der Waals surface area contributed by atoms with Crippen molar-refractivity contribution in [2.75, 3.05) is 38.7 Å². The fourth-order valence-corrected chi connectivity index (χ4v) is 4.73. The first kappa shape index (κ1) is 19.3. The SMILES string of the molecule is CN(C)Cc1nc(N2CCC(CO)C(O)C2)c2c(-c3ccccc3)csc2n1. The Kier molecular flexibility index (Phi) is 5.59. The Bertz CT molecular complexity index is 944. The van der Waals surface area contributed by atoms with Crippen molar-refractivity contribution in [1.29, 1.82) is 0 Å². The van der Waals surface area contributed by atoms with E-state index in [0.717, 1.165) is 46.0 Å². The molecule has 3 heterocycles. The van der Waals surface area contributed by atoms with Gasteiger partial charge in [0.15, 0.2) is 0 Å². The Labute approximate surface area is 169 Å². The molecule has 0 aliphatic carbocycles. The second kappa shape index (κ2) is 8.13. The van der Waals surface area contributed by atoms with Gasteiger partial charge in [-0.25, -0.2) is 9.97 Å². The van der Waals surface area contributed by atoms with Crippen molar-refractivity contribution >= 4 is 27.4 Å². The van der Waals surface area contributed by atoms with Gasteiger partial charge in [-0.05, 0) is 26.1 Å². The van der Waals surface area contributed by atoms with Crippen molar-refractivity contribution < 1.29 is 10.2 Å². The molecule has 0 bridgehead atoms. The fraction of sp³-hybridized carbons (Fsp3) is 0.429. The Hall–Kier alpha value is -2.06. The zero-order valence-corrected chi connectivity index (χ0v) is 17.1. The molecule has 2 N–H and O–H groups in total. The molecule has 3 aromatic rings. The van der Waals surface area contributed by atoms with Gasteiger partial charge in [0.2, 0.25) is 0 Å². The topological polar surface area (TPSA) is 72.7 Å². The van der Waals surface area contributed by atoms with Crippen LogP contribution in [0.5, 0.6) is 0 Å². The first-order valence-electron chi connectivity index (χ1n) is 9.59. The Morgan fingerprint density at radius 1 is 1.21 bits per heavy atom.